The van der Waals surface area contributed by atoms with Crippen LogP contribution < -0.4 is 10.6 Å². The molecule has 2 aliphatic rings. The molecule has 2 fully saturated rings. The van der Waals surface area contributed by atoms with Gasteiger partial charge in [-0.1, -0.05) is 44.5 Å². The molecule has 3 rings (SSSR count). The first kappa shape index (κ1) is 16.9. The van der Waals surface area contributed by atoms with Crippen molar-refractivity contribution in [2.24, 2.45) is 5.92 Å². The van der Waals surface area contributed by atoms with E-state index in [0.717, 1.165) is 26.3 Å². The highest BCUT2D eigenvalue weighted by Gasteiger charge is 2.35. The van der Waals surface area contributed by atoms with Crippen molar-refractivity contribution < 1.29 is 4.74 Å². The number of morpholine rings is 1. The molecule has 3 unspecified atom stereocenters. The zero-order valence-electron chi connectivity index (χ0n) is 14.9. The van der Waals surface area contributed by atoms with E-state index in [9.17, 15) is 0 Å². The smallest absolute Gasteiger partial charge is 0.0623 e. The molecule has 3 atom stereocenters. The summed E-state index contributed by atoms with van der Waals surface area (Å²) in [5.41, 5.74) is 3.01. The lowest BCUT2D eigenvalue weighted by molar-refractivity contribution is 0.0522. The van der Waals surface area contributed by atoms with Gasteiger partial charge in [-0.05, 0) is 36.8 Å². The minimum atomic E-state index is 0.162. The van der Waals surface area contributed by atoms with E-state index in [1.165, 1.54) is 30.4 Å². The maximum Gasteiger partial charge on any atom is 0.0623 e. The van der Waals surface area contributed by atoms with Crippen LogP contribution in [0.3, 0.4) is 0 Å². The first-order valence-electron chi connectivity index (χ1n) is 9.18. The lowest BCUT2D eigenvalue weighted by Gasteiger charge is -2.35. The maximum absolute atomic E-state index is 5.68. The Morgan fingerprint density at radius 3 is 2.83 bits per heavy atom. The first-order valence-corrected chi connectivity index (χ1v) is 9.18. The molecule has 1 saturated heterocycles. The molecule has 0 bridgehead atoms. The summed E-state index contributed by atoms with van der Waals surface area (Å²) in [6.45, 7) is 10.7. The van der Waals surface area contributed by atoms with Gasteiger partial charge in [0.1, 0.15) is 0 Å². The third-order valence-corrected chi connectivity index (χ3v) is 5.72. The minimum Gasteiger partial charge on any atom is -0.379 e. The molecule has 128 valence electrons. The highest BCUT2D eigenvalue weighted by atomic mass is 16.5. The monoisotopic (exact) mass is 316 g/mol. The number of rotatable bonds is 5. The van der Waals surface area contributed by atoms with Crippen LogP contribution in [0.15, 0.2) is 24.3 Å². The quantitative estimate of drug-likeness (QED) is 0.876. The summed E-state index contributed by atoms with van der Waals surface area (Å²) in [6, 6.07) is 9.94. The Balaban J connectivity index is 1.61. The van der Waals surface area contributed by atoms with Gasteiger partial charge in [0.2, 0.25) is 0 Å². The van der Waals surface area contributed by atoms with Crippen LogP contribution in [0.1, 0.15) is 44.2 Å². The van der Waals surface area contributed by atoms with Crippen molar-refractivity contribution >= 4 is 0 Å². The summed E-state index contributed by atoms with van der Waals surface area (Å²) in [7, 11) is 0. The number of nitrogens with one attached hydrogen (secondary N) is 2. The predicted molar refractivity (Wildman–Crippen MR) is 95.9 cm³/mol. The number of benzene rings is 1. The Hall–Kier alpha value is -0.900. The van der Waals surface area contributed by atoms with Gasteiger partial charge in [0.15, 0.2) is 0 Å². The third kappa shape index (κ3) is 3.96. The van der Waals surface area contributed by atoms with E-state index in [0.29, 0.717) is 18.0 Å². The number of hydrogen-bond acceptors (Lipinski definition) is 3. The van der Waals surface area contributed by atoms with Crippen molar-refractivity contribution in [3.05, 3.63) is 35.4 Å². The van der Waals surface area contributed by atoms with Crippen molar-refractivity contribution in [3.8, 4) is 0 Å². The lowest BCUT2D eigenvalue weighted by atomic mass is 9.81. The molecular formula is C20H32N2O. The summed E-state index contributed by atoms with van der Waals surface area (Å²) in [4.78, 5) is 0. The fraction of sp³-hybridized carbons (Fsp3) is 0.700. The van der Waals surface area contributed by atoms with E-state index in [4.69, 9.17) is 4.74 Å². The van der Waals surface area contributed by atoms with Crippen molar-refractivity contribution in [3.63, 3.8) is 0 Å². The standard InChI is InChI=1S/C20H32N2O/c1-15-7-4-5-9-17(15)20(2,3)14-22-18-10-6-8-16(18)19-13-23-12-11-21-19/h4-5,7,9,16,18-19,21-22H,6,8,10-14H2,1-3H3. The maximum atomic E-state index is 5.68. The molecule has 0 radical (unpaired) electrons. The lowest BCUT2D eigenvalue weighted by Crippen LogP contribution is -2.52. The molecule has 1 heterocycles. The first-order chi connectivity index (χ1) is 11.1. The second-order valence-electron chi connectivity index (χ2n) is 7.92. The Morgan fingerprint density at radius 2 is 2.09 bits per heavy atom. The molecule has 1 aromatic rings. The van der Waals surface area contributed by atoms with Crippen LogP contribution >= 0.6 is 0 Å². The Bertz CT molecular complexity index is 508. The van der Waals surface area contributed by atoms with Crippen LogP contribution in [-0.2, 0) is 10.2 Å². The van der Waals surface area contributed by atoms with Crippen molar-refractivity contribution in [1.29, 1.82) is 0 Å². The van der Waals surface area contributed by atoms with Gasteiger partial charge in [-0.15, -0.1) is 0 Å². The van der Waals surface area contributed by atoms with Gasteiger partial charge in [0.25, 0.3) is 0 Å². The van der Waals surface area contributed by atoms with Gasteiger partial charge < -0.3 is 15.4 Å². The molecule has 1 aliphatic heterocycles. The fourth-order valence-corrected chi connectivity index (χ4v) is 4.40. The molecule has 0 spiro atoms. The highest BCUT2D eigenvalue weighted by molar-refractivity contribution is 5.32. The normalized spacial score (nSPS) is 28.9. The predicted octanol–water partition coefficient (Wildman–Crippen LogP) is 3.02. The zero-order valence-corrected chi connectivity index (χ0v) is 14.9. The van der Waals surface area contributed by atoms with Crippen molar-refractivity contribution in [2.45, 2.75) is 57.5 Å². The molecular weight excluding hydrogens is 284 g/mol. The van der Waals surface area contributed by atoms with E-state index in [-0.39, 0.29) is 5.41 Å². The average Bonchev–Trinajstić information content (AvgIpc) is 3.03. The van der Waals surface area contributed by atoms with Gasteiger partial charge in [-0.3, -0.25) is 0 Å². The van der Waals surface area contributed by atoms with Crippen LogP contribution in [0.4, 0.5) is 0 Å². The molecule has 1 aromatic carbocycles. The molecule has 23 heavy (non-hydrogen) atoms. The van der Waals surface area contributed by atoms with Gasteiger partial charge in [-0.25, -0.2) is 0 Å². The molecule has 0 amide bonds. The molecule has 3 nitrogen and oxygen atoms in total. The van der Waals surface area contributed by atoms with Crippen LogP contribution in [-0.4, -0.2) is 38.4 Å². The van der Waals surface area contributed by atoms with Crippen molar-refractivity contribution in [1.82, 2.24) is 10.6 Å². The van der Waals surface area contributed by atoms with Gasteiger partial charge in [0, 0.05) is 30.6 Å². The second-order valence-corrected chi connectivity index (χ2v) is 7.92. The summed E-state index contributed by atoms with van der Waals surface area (Å²) in [6.07, 6.45) is 3.96. The third-order valence-electron chi connectivity index (χ3n) is 5.72. The summed E-state index contributed by atoms with van der Waals surface area (Å²) < 4.78 is 5.68. The van der Waals surface area contributed by atoms with Gasteiger partial charge in [-0.2, -0.15) is 0 Å². The van der Waals surface area contributed by atoms with Crippen LogP contribution in [0.5, 0.6) is 0 Å². The molecule has 1 saturated carbocycles. The van der Waals surface area contributed by atoms with Crippen LogP contribution in [0.2, 0.25) is 0 Å². The van der Waals surface area contributed by atoms with Gasteiger partial charge >= 0.3 is 0 Å². The van der Waals surface area contributed by atoms with E-state index >= 15 is 0 Å². The van der Waals surface area contributed by atoms with Crippen molar-refractivity contribution in [2.75, 3.05) is 26.3 Å². The van der Waals surface area contributed by atoms with Crippen LogP contribution in [0.25, 0.3) is 0 Å². The van der Waals surface area contributed by atoms with E-state index < -0.39 is 0 Å². The van der Waals surface area contributed by atoms with E-state index in [1.807, 2.05) is 0 Å². The highest BCUT2D eigenvalue weighted by Crippen LogP contribution is 2.31. The minimum absolute atomic E-state index is 0.162. The fourth-order valence-electron chi connectivity index (χ4n) is 4.40. The summed E-state index contributed by atoms with van der Waals surface area (Å²) in [5.74, 6) is 0.711. The SMILES string of the molecule is Cc1ccccc1C(C)(C)CNC1CCCC1C1COCCN1. The second kappa shape index (κ2) is 7.33. The van der Waals surface area contributed by atoms with E-state index in [1.54, 1.807) is 0 Å². The molecule has 0 aromatic heterocycles. The molecule has 2 N–H and O–H groups in total. The largest absolute Gasteiger partial charge is 0.379 e. The number of ether oxygens (including phenoxy) is 1. The zero-order chi connectivity index (χ0) is 16.3. The topological polar surface area (TPSA) is 33.3 Å². The average molecular weight is 316 g/mol. The molecule has 3 heteroatoms. The van der Waals surface area contributed by atoms with Gasteiger partial charge in [0.05, 0.1) is 13.2 Å². The summed E-state index contributed by atoms with van der Waals surface area (Å²) in [5, 5.41) is 7.56. The number of aryl methyl sites for hydroxylation is 1. The van der Waals surface area contributed by atoms with E-state index in [2.05, 4.69) is 55.7 Å². The Kier molecular flexibility index (Phi) is 5.40. The summed E-state index contributed by atoms with van der Waals surface area (Å²) >= 11 is 0. The number of hydrogen-bond donors (Lipinski definition) is 2. The Morgan fingerprint density at radius 1 is 1.26 bits per heavy atom. The molecule has 1 aliphatic carbocycles. The Labute approximate surface area is 141 Å². The van der Waals surface area contributed by atoms with Crippen LogP contribution in [0, 0.1) is 12.8 Å².